The second kappa shape index (κ2) is 12.0. The number of nitrogens with one attached hydrogen (secondary N) is 2. The minimum absolute atomic E-state index is 0.0466. The first-order chi connectivity index (χ1) is 16.3. The summed E-state index contributed by atoms with van der Waals surface area (Å²) in [5.41, 5.74) is 0.485. The van der Waals surface area contributed by atoms with Gasteiger partial charge in [0, 0.05) is 18.8 Å². The van der Waals surface area contributed by atoms with Gasteiger partial charge < -0.3 is 10.1 Å². The number of sulfonamides is 1. The Balaban J connectivity index is 1.78. The fourth-order valence-electron chi connectivity index (χ4n) is 3.81. The summed E-state index contributed by atoms with van der Waals surface area (Å²) in [7, 11) is -4.05. The minimum Gasteiger partial charge on any atom is -0.376 e. The molecular weight excluding hydrogens is 461 g/mol. The molecule has 1 aliphatic rings. The van der Waals surface area contributed by atoms with Crippen molar-refractivity contribution in [2.24, 2.45) is 0 Å². The van der Waals surface area contributed by atoms with Crippen molar-refractivity contribution < 1.29 is 27.1 Å². The zero-order chi connectivity index (χ0) is 24.6. The summed E-state index contributed by atoms with van der Waals surface area (Å²) in [4.78, 5) is 27.6. The van der Waals surface area contributed by atoms with Gasteiger partial charge in [0.1, 0.15) is 11.9 Å². The molecule has 1 saturated heterocycles. The fraction of sp³-hybridized carbons (Fsp3) is 0.417. The highest BCUT2D eigenvalue weighted by atomic mass is 32.2. The number of rotatable bonds is 11. The molecule has 1 aliphatic heterocycles. The average molecular weight is 492 g/mol. The van der Waals surface area contributed by atoms with Gasteiger partial charge >= 0.3 is 0 Å². The molecule has 0 spiro atoms. The zero-order valence-corrected chi connectivity index (χ0v) is 19.9. The van der Waals surface area contributed by atoms with Crippen molar-refractivity contribution in [1.29, 1.82) is 0 Å². The van der Waals surface area contributed by atoms with Crippen LogP contribution < -0.4 is 14.9 Å². The fourth-order valence-corrected chi connectivity index (χ4v) is 4.79. The topological polar surface area (TPSA) is 105 Å². The van der Waals surface area contributed by atoms with Crippen LogP contribution in [0, 0.1) is 5.82 Å². The number of hydrogen-bond acceptors (Lipinski definition) is 5. The molecule has 2 amide bonds. The van der Waals surface area contributed by atoms with Crippen LogP contribution >= 0.6 is 0 Å². The maximum Gasteiger partial charge on any atom is 0.243 e. The Morgan fingerprint density at radius 1 is 1.15 bits per heavy atom. The van der Waals surface area contributed by atoms with Crippen molar-refractivity contribution in [3.8, 4) is 0 Å². The maximum atomic E-state index is 13.3. The predicted octanol–water partition coefficient (Wildman–Crippen LogP) is 2.60. The molecule has 0 unspecified atom stereocenters. The molecule has 1 heterocycles. The summed E-state index contributed by atoms with van der Waals surface area (Å²) in [5, 5.41) is 2.89. The second-order valence-corrected chi connectivity index (χ2v) is 9.83. The van der Waals surface area contributed by atoms with Gasteiger partial charge in [-0.05, 0) is 55.7 Å². The summed E-state index contributed by atoms with van der Waals surface area (Å²) < 4.78 is 46.2. The second-order valence-electron chi connectivity index (χ2n) is 8.06. The largest absolute Gasteiger partial charge is 0.376 e. The van der Waals surface area contributed by atoms with Crippen LogP contribution in [-0.2, 0) is 24.3 Å². The lowest BCUT2D eigenvalue weighted by molar-refractivity contribution is -0.126. The van der Waals surface area contributed by atoms with Crippen LogP contribution in [0.1, 0.15) is 32.6 Å². The van der Waals surface area contributed by atoms with E-state index in [9.17, 15) is 22.4 Å². The Kier molecular flexibility index (Phi) is 9.14. The van der Waals surface area contributed by atoms with Gasteiger partial charge in [-0.25, -0.2) is 17.5 Å². The van der Waals surface area contributed by atoms with E-state index < -0.39 is 34.3 Å². The molecule has 1 fully saturated rings. The normalized spacial score (nSPS) is 16.7. The molecule has 10 heteroatoms. The van der Waals surface area contributed by atoms with Gasteiger partial charge in [-0.15, -0.1) is 0 Å². The van der Waals surface area contributed by atoms with Gasteiger partial charge in [-0.2, -0.15) is 0 Å². The van der Waals surface area contributed by atoms with Gasteiger partial charge in [0.15, 0.2) is 0 Å². The Morgan fingerprint density at radius 3 is 2.47 bits per heavy atom. The van der Waals surface area contributed by atoms with E-state index in [1.54, 1.807) is 30.3 Å². The van der Waals surface area contributed by atoms with Crippen molar-refractivity contribution in [2.75, 3.05) is 24.6 Å². The Morgan fingerprint density at radius 2 is 1.85 bits per heavy atom. The van der Waals surface area contributed by atoms with Crippen molar-refractivity contribution in [3.05, 3.63) is 60.4 Å². The molecule has 3 rings (SSSR count). The number of ether oxygens (including phenoxy) is 1. The number of hydrogen-bond donors (Lipinski definition) is 2. The van der Waals surface area contributed by atoms with E-state index in [0.29, 0.717) is 31.7 Å². The van der Waals surface area contributed by atoms with E-state index in [1.807, 2.05) is 6.92 Å². The summed E-state index contributed by atoms with van der Waals surface area (Å²) in [5.74, 6) is -1.47. The van der Waals surface area contributed by atoms with Crippen molar-refractivity contribution >= 4 is 27.5 Å². The van der Waals surface area contributed by atoms with Crippen LogP contribution in [0.15, 0.2) is 59.5 Å². The van der Waals surface area contributed by atoms with Gasteiger partial charge in [0.25, 0.3) is 0 Å². The molecule has 2 atom stereocenters. The lowest BCUT2D eigenvalue weighted by atomic mass is 10.1. The predicted molar refractivity (Wildman–Crippen MR) is 126 cm³/mol. The Hall–Kier alpha value is -2.82. The van der Waals surface area contributed by atoms with Crippen LogP contribution in [0.25, 0.3) is 0 Å². The molecule has 0 radical (unpaired) electrons. The average Bonchev–Trinajstić information content (AvgIpc) is 3.36. The smallest absolute Gasteiger partial charge is 0.243 e. The summed E-state index contributed by atoms with van der Waals surface area (Å²) in [6.45, 7) is 2.37. The van der Waals surface area contributed by atoms with E-state index in [0.717, 1.165) is 37.1 Å². The van der Waals surface area contributed by atoms with Crippen LogP contribution in [0.2, 0.25) is 0 Å². The molecule has 0 saturated carbocycles. The molecule has 34 heavy (non-hydrogen) atoms. The lowest BCUT2D eigenvalue weighted by Gasteiger charge is -2.31. The summed E-state index contributed by atoms with van der Waals surface area (Å²) in [6.07, 6.45) is 2.79. The molecule has 184 valence electrons. The third-order valence-corrected chi connectivity index (χ3v) is 6.96. The van der Waals surface area contributed by atoms with Gasteiger partial charge in [-0.3, -0.25) is 14.5 Å². The quantitative estimate of drug-likeness (QED) is 0.503. The molecule has 0 aromatic heterocycles. The maximum absolute atomic E-state index is 13.3. The molecule has 0 bridgehead atoms. The van der Waals surface area contributed by atoms with Crippen molar-refractivity contribution in [3.63, 3.8) is 0 Å². The molecule has 2 N–H and O–H groups in total. The molecular formula is C24H30FN3O5S. The Bertz CT molecular complexity index is 1060. The summed E-state index contributed by atoms with van der Waals surface area (Å²) in [6, 6.07) is 12.1. The SMILES string of the molecule is CCC[C@H](C(=O)NC[C@H]1CCCO1)N(C(=O)CNS(=O)(=O)c1ccc(F)cc1)c1ccccc1. The van der Waals surface area contributed by atoms with E-state index in [2.05, 4.69) is 10.0 Å². The first-order valence-corrected chi connectivity index (χ1v) is 12.8. The van der Waals surface area contributed by atoms with Crippen molar-refractivity contribution in [2.45, 2.75) is 49.6 Å². The number of carbonyl (C=O) groups excluding carboxylic acids is 2. The van der Waals surface area contributed by atoms with Crippen LogP contribution in [0.5, 0.6) is 0 Å². The highest BCUT2D eigenvalue weighted by molar-refractivity contribution is 7.89. The number of anilines is 1. The Labute approximate surface area is 199 Å². The first-order valence-electron chi connectivity index (χ1n) is 11.3. The van der Waals surface area contributed by atoms with Gasteiger partial charge in [0.05, 0.1) is 17.5 Å². The summed E-state index contributed by atoms with van der Waals surface area (Å²) >= 11 is 0. The third-order valence-electron chi connectivity index (χ3n) is 5.54. The van der Waals surface area contributed by atoms with E-state index in [4.69, 9.17) is 4.74 Å². The monoisotopic (exact) mass is 491 g/mol. The molecule has 8 nitrogen and oxygen atoms in total. The highest BCUT2D eigenvalue weighted by Gasteiger charge is 2.31. The minimum atomic E-state index is -4.05. The number of halogens is 1. The molecule has 2 aromatic carbocycles. The van der Waals surface area contributed by atoms with E-state index in [1.165, 1.54) is 4.90 Å². The van der Waals surface area contributed by atoms with Crippen LogP contribution in [0.4, 0.5) is 10.1 Å². The first kappa shape index (κ1) is 25.8. The van der Waals surface area contributed by atoms with Gasteiger partial charge in [-0.1, -0.05) is 31.5 Å². The number of carbonyl (C=O) groups is 2. The van der Waals surface area contributed by atoms with E-state index >= 15 is 0 Å². The van der Waals surface area contributed by atoms with E-state index in [-0.39, 0.29) is 16.9 Å². The van der Waals surface area contributed by atoms with Crippen LogP contribution in [0.3, 0.4) is 0 Å². The standard InChI is InChI=1S/C24H30FN3O5S/c1-2-7-22(24(30)26-16-20-10-6-15-33-20)28(19-8-4-3-5-9-19)23(29)17-27-34(31,32)21-13-11-18(25)12-14-21/h3-5,8-9,11-14,20,22,27H,2,6-7,10,15-17H2,1H3,(H,26,30)/t20-,22-/m1/s1. The van der Waals surface area contributed by atoms with Crippen molar-refractivity contribution in [1.82, 2.24) is 10.0 Å². The molecule has 0 aliphatic carbocycles. The van der Waals surface area contributed by atoms with Gasteiger partial charge in [0.2, 0.25) is 21.8 Å². The number of benzene rings is 2. The molecule has 2 aromatic rings. The number of para-hydroxylation sites is 1. The highest BCUT2D eigenvalue weighted by Crippen LogP contribution is 2.21. The lowest BCUT2D eigenvalue weighted by Crippen LogP contribution is -2.53. The van der Waals surface area contributed by atoms with Crippen LogP contribution in [-0.4, -0.2) is 52.1 Å². The number of nitrogens with zero attached hydrogens (tertiary/aromatic N) is 1. The zero-order valence-electron chi connectivity index (χ0n) is 19.1. The number of amides is 2. The third kappa shape index (κ3) is 6.85.